The molecule has 0 aliphatic carbocycles. The van der Waals surface area contributed by atoms with Gasteiger partial charge in [-0.15, -0.1) is 0 Å². The molecular weight excluding hydrogens is 231 g/mol. The molecule has 2 rings (SSSR count). The lowest BCUT2D eigenvalue weighted by atomic mass is 10.1. The Morgan fingerprint density at radius 3 is 2.53 bits per heavy atom. The van der Waals surface area contributed by atoms with Gasteiger partial charge < -0.3 is 5.43 Å². The Bertz CT molecular complexity index is 558. The second-order valence-electron chi connectivity index (χ2n) is 3.30. The number of nitrogens with two attached hydrogens (primary N) is 1. The third kappa shape index (κ3) is 2.07. The molecule has 3 nitrogen and oxygen atoms in total. The van der Waals surface area contributed by atoms with Gasteiger partial charge in [-0.05, 0) is 24.3 Å². The monoisotopic (exact) mass is 239 g/mol. The number of pyridine rings is 1. The molecule has 88 valence electrons. The molecule has 0 radical (unpaired) electrons. The maximum Gasteiger partial charge on any atom is 0.195 e. The maximum absolute atomic E-state index is 13.5. The number of nitrogens with zero attached hydrogens (tertiary/aromatic N) is 1. The second-order valence-corrected chi connectivity index (χ2v) is 3.30. The number of hydrogen-bond donors (Lipinski definition) is 2. The first-order chi connectivity index (χ1) is 8.13. The predicted octanol–water partition coefficient (Wildman–Crippen LogP) is 2.45. The van der Waals surface area contributed by atoms with Crippen LogP contribution in [0.5, 0.6) is 0 Å². The van der Waals surface area contributed by atoms with Crippen molar-refractivity contribution >= 4 is 5.69 Å². The van der Waals surface area contributed by atoms with Gasteiger partial charge in [-0.1, -0.05) is 0 Å². The van der Waals surface area contributed by atoms with Crippen LogP contribution in [0, 0.1) is 17.5 Å². The molecule has 0 aliphatic rings. The number of anilines is 1. The Hall–Kier alpha value is -2.08. The van der Waals surface area contributed by atoms with Crippen LogP contribution in [0.3, 0.4) is 0 Å². The molecule has 0 fully saturated rings. The summed E-state index contributed by atoms with van der Waals surface area (Å²) in [4.78, 5) is 3.86. The summed E-state index contributed by atoms with van der Waals surface area (Å²) < 4.78 is 39.3. The Balaban J connectivity index is 2.56. The third-order valence-electron chi connectivity index (χ3n) is 2.24. The van der Waals surface area contributed by atoms with E-state index in [0.717, 1.165) is 12.1 Å². The summed E-state index contributed by atoms with van der Waals surface area (Å²) in [6.45, 7) is 0. The van der Waals surface area contributed by atoms with E-state index in [0.29, 0.717) is 5.69 Å². The number of nitrogen functional groups attached to an aromatic ring is 1. The van der Waals surface area contributed by atoms with Crippen molar-refractivity contribution < 1.29 is 13.2 Å². The minimum Gasteiger partial charge on any atom is -0.324 e. The van der Waals surface area contributed by atoms with E-state index in [-0.39, 0.29) is 11.3 Å². The van der Waals surface area contributed by atoms with Gasteiger partial charge in [-0.25, -0.2) is 13.2 Å². The topological polar surface area (TPSA) is 50.9 Å². The molecule has 2 aromatic rings. The Kier molecular flexibility index (Phi) is 2.97. The fourth-order valence-electron chi connectivity index (χ4n) is 1.39. The molecule has 6 heteroatoms. The summed E-state index contributed by atoms with van der Waals surface area (Å²) >= 11 is 0. The Labute approximate surface area is 95.1 Å². The SMILES string of the molecule is NNc1ccnc(-c2ccc(F)c(F)c2F)c1. The van der Waals surface area contributed by atoms with Crippen molar-refractivity contribution in [3.8, 4) is 11.3 Å². The lowest BCUT2D eigenvalue weighted by Crippen LogP contribution is -2.07. The summed E-state index contributed by atoms with van der Waals surface area (Å²) in [5, 5.41) is 0. The van der Waals surface area contributed by atoms with Crippen molar-refractivity contribution in [1.29, 1.82) is 0 Å². The molecule has 3 N–H and O–H groups in total. The molecule has 0 atom stereocenters. The molecule has 1 aromatic carbocycles. The number of aromatic nitrogens is 1. The molecule has 0 saturated heterocycles. The van der Waals surface area contributed by atoms with Crippen LogP contribution in [0.2, 0.25) is 0 Å². The standard InChI is InChI=1S/C11H8F3N3/c12-8-2-1-7(10(13)11(8)14)9-5-6(17-15)3-4-16-9/h1-5H,15H2,(H,16,17). The van der Waals surface area contributed by atoms with Crippen LogP contribution in [0.1, 0.15) is 0 Å². The van der Waals surface area contributed by atoms with Gasteiger partial charge in [0.1, 0.15) is 0 Å². The first kappa shape index (κ1) is 11.4. The van der Waals surface area contributed by atoms with Crippen LogP contribution < -0.4 is 11.3 Å². The van der Waals surface area contributed by atoms with Crippen molar-refractivity contribution in [2.75, 3.05) is 5.43 Å². The van der Waals surface area contributed by atoms with E-state index in [2.05, 4.69) is 10.4 Å². The minimum atomic E-state index is -1.52. The molecule has 0 aliphatic heterocycles. The predicted molar refractivity (Wildman–Crippen MR) is 57.4 cm³/mol. The number of hydrogen-bond acceptors (Lipinski definition) is 3. The van der Waals surface area contributed by atoms with Gasteiger partial charge in [-0.2, -0.15) is 0 Å². The summed E-state index contributed by atoms with van der Waals surface area (Å²) in [5.41, 5.74) is 2.88. The second kappa shape index (κ2) is 4.42. The zero-order valence-electron chi connectivity index (χ0n) is 8.55. The molecule has 0 bridgehead atoms. The highest BCUT2D eigenvalue weighted by Gasteiger charge is 2.15. The van der Waals surface area contributed by atoms with Gasteiger partial charge in [0.05, 0.1) is 11.4 Å². The number of nitrogens with one attached hydrogen (secondary N) is 1. The molecule has 0 unspecified atom stereocenters. The van der Waals surface area contributed by atoms with Crippen molar-refractivity contribution in [2.45, 2.75) is 0 Å². The normalized spacial score (nSPS) is 10.4. The first-order valence-corrected chi connectivity index (χ1v) is 4.70. The largest absolute Gasteiger partial charge is 0.324 e. The molecule has 0 amide bonds. The smallest absolute Gasteiger partial charge is 0.195 e. The van der Waals surface area contributed by atoms with Crippen LogP contribution in [0.25, 0.3) is 11.3 Å². The van der Waals surface area contributed by atoms with Crippen molar-refractivity contribution in [1.82, 2.24) is 4.98 Å². The van der Waals surface area contributed by atoms with Crippen LogP contribution in [0.15, 0.2) is 30.5 Å². The fraction of sp³-hybridized carbons (Fsp3) is 0. The zero-order chi connectivity index (χ0) is 12.4. The number of hydrazine groups is 1. The highest BCUT2D eigenvalue weighted by Crippen LogP contribution is 2.25. The highest BCUT2D eigenvalue weighted by molar-refractivity contribution is 5.64. The van der Waals surface area contributed by atoms with Gasteiger partial charge in [0.15, 0.2) is 17.5 Å². The number of halogens is 3. The molecule has 17 heavy (non-hydrogen) atoms. The summed E-state index contributed by atoms with van der Waals surface area (Å²) in [7, 11) is 0. The van der Waals surface area contributed by atoms with E-state index in [4.69, 9.17) is 5.84 Å². The highest BCUT2D eigenvalue weighted by atomic mass is 19.2. The van der Waals surface area contributed by atoms with Crippen molar-refractivity contribution in [2.24, 2.45) is 5.84 Å². The zero-order valence-corrected chi connectivity index (χ0v) is 8.55. The van der Waals surface area contributed by atoms with Gasteiger partial charge in [0, 0.05) is 11.8 Å². The Morgan fingerprint density at radius 2 is 1.82 bits per heavy atom. The first-order valence-electron chi connectivity index (χ1n) is 4.70. The lowest BCUT2D eigenvalue weighted by Gasteiger charge is -2.06. The van der Waals surface area contributed by atoms with Crippen LogP contribution in [-0.2, 0) is 0 Å². The number of benzene rings is 1. The summed E-state index contributed by atoms with van der Waals surface area (Å²) in [6, 6.07) is 4.95. The van der Waals surface area contributed by atoms with E-state index < -0.39 is 17.5 Å². The van der Waals surface area contributed by atoms with Gasteiger partial charge in [0.2, 0.25) is 0 Å². The van der Waals surface area contributed by atoms with E-state index >= 15 is 0 Å². The third-order valence-corrected chi connectivity index (χ3v) is 2.24. The van der Waals surface area contributed by atoms with Gasteiger partial charge in [-0.3, -0.25) is 10.8 Å². The van der Waals surface area contributed by atoms with Crippen LogP contribution in [-0.4, -0.2) is 4.98 Å². The van der Waals surface area contributed by atoms with Gasteiger partial charge >= 0.3 is 0 Å². The van der Waals surface area contributed by atoms with Crippen LogP contribution in [0.4, 0.5) is 18.9 Å². The lowest BCUT2D eigenvalue weighted by molar-refractivity contribution is 0.449. The van der Waals surface area contributed by atoms with Crippen LogP contribution >= 0.6 is 0 Å². The average molecular weight is 239 g/mol. The molecular formula is C11H8F3N3. The summed E-state index contributed by atoms with van der Waals surface area (Å²) in [6.07, 6.45) is 1.38. The molecule has 0 spiro atoms. The average Bonchev–Trinajstić information content (AvgIpc) is 2.36. The quantitative estimate of drug-likeness (QED) is 0.481. The maximum atomic E-state index is 13.5. The van der Waals surface area contributed by atoms with E-state index in [1.54, 1.807) is 6.07 Å². The number of rotatable bonds is 2. The fourth-order valence-corrected chi connectivity index (χ4v) is 1.39. The Morgan fingerprint density at radius 1 is 1.06 bits per heavy atom. The van der Waals surface area contributed by atoms with E-state index in [9.17, 15) is 13.2 Å². The van der Waals surface area contributed by atoms with E-state index in [1.807, 2.05) is 0 Å². The van der Waals surface area contributed by atoms with E-state index in [1.165, 1.54) is 12.3 Å². The van der Waals surface area contributed by atoms with Gasteiger partial charge in [0.25, 0.3) is 0 Å². The molecule has 1 aromatic heterocycles. The molecule has 1 heterocycles. The summed E-state index contributed by atoms with van der Waals surface area (Å²) in [5.74, 6) is 1.16. The minimum absolute atomic E-state index is 0.124. The molecule has 0 saturated carbocycles. The van der Waals surface area contributed by atoms with Crippen molar-refractivity contribution in [3.05, 3.63) is 47.9 Å². The van der Waals surface area contributed by atoms with Crippen molar-refractivity contribution in [3.63, 3.8) is 0 Å².